The van der Waals surface area contributed by atoms with Crippen LogP contribution in [0.5, 0.6) is 6.01 Å². The van der Waals surface area contributed by atoms with Crippen molar-refractivity contribution in [3.05, 3.63) is 27.7 Å². The Morgan fingerprint density at radius 3 is 2.94 bits per heavy atom. The van der Waals surface area contributed by atoms with E-state index in [2.05, 4.69) is 19.9 Å². The van der Waals surface area contributed by atoms with Crippen LogP contribution in [0.1, 0.15) is 17.8 Å². The summed E-state index contributed by atoms with van der Waals surface area (Å²) in [6.07, 6.45) is 2.28. The molecule has 0 unspecified atom stereocenters. The Hall–Kier alpha value is -1.27. The second-order valence-corrected chi connectivity index (χ2v) is 4.16. The largest absolute Gasteiger partial charge is 0.464 e. The first-order valence-electron chi connectivity index (χ1n) is 4.69. The average Bonchev–Trinajstić information content (AvgIpc) is 2.70. The van der Waals surface area contributed by atoms with Gasteiger partial charge in [-0.3, -0.25) is 0 Å². The van der Waals surface area contributed by atoms with Crippen molar-refractivity contribution in [1.82, 2.24) is 19.9 Å². The fourth-order valence-corrected chi connectivity index (χ4v) is 1.90. The molecule has 7 heteroatoms. The van der Waals surface area contributed by atoms with E-state index in [1.54, 1.807) is 17.5 Å². The van der Waals surface area contributed by atoms with Crippen molar-refractivity contribution in [2.24, 2.45) is 0 Å². The van der Waals surface area contributed by atoms with Crippen LogP contribution in [0, 0.1) is 0 Å². The van der Waals surface area contributed by atoms with Crippen LogP contribution in [-0.2, 0) is 6.42 Å². The van der Waals surface area contributed by atoms with Crippen molar-refractivity contribution < 1.29 is 4.74 Å². The molecule has 84 valence electrons. The van der Waals surface area contributed by atoms with E-state index in [4.69, 9.17) is 16.3 Å². The maximum absolute atomic E-state index is 5.77. The summed E-state index contributed by atoms with van der Waals surface area (Å²) in [6.45, 7) is 2.36. The zero-order valence-electron chi connectivity index (χ0n) is 8.55. The molecule has 2 aromatic heterocycles. The number of halogens is 1. The standard InChI is InChI=1S/C9H9ClN4OS/c1-2-15-9-13-6(12-8(10)14-9)5-7-11-3-4-16-7/h3-4H,2,5H2,1H3. The Morgan fingerprint density at radius 1 is 1.38 bits per heavy atom. The Morgan fingerprint density at radius 2 is 2.25 bits per heavy atom. The van der Waals surface area contributed by atoms with Crippen molar-refractivity contribution in [3.8, 4) is 6.01 Å². The predicted octanol–water partition coefficient (Wildman–Crippen LogP) is 1.97. The number of aromatic nitrogens is 4. The van der Waals surface area contributed by atoms with Crippen LogP contribution >= 0.6 is 22.9 Å². The van der Waals surface area contributed by atoms with E-state index in [1.807, 2.05) is 12.3 Å². The minimum Gasteiger partial charge on any atom is -0.464 e. The predicted molar refractivity (Wildman–Crippen MR) is 60.9 cm³/mol. The van der Waals surface area contributed by atoms with Gasteiger partial charge in [0.1, 0.15) is 10.8 Å². The maximum Gasteiger partial charge on any atom is 0.320 e. The van der Waals surface area contributed by atoms with E-state index in [1.165, 1.54) is 0 Å². The molecule has 5 nitrogen and oxygen atoms in total. The topological polar surface area (TPSA) is 60.8 Å². The lowest BCUT2D eigenvalue weighted by atomic mass is 10.4. The summed E-state index contributed by atoms with van der Waals surface area (Å²) >= 11 is 7.31. The molecular formula is C9H9ClN4OS. The highest BCUT2D eigenvalue weighted by atomic mass is 35.5. The van der Waals surface area contributed by atoms with Gasteiger partial charge in [-0.2, -0.15) is 9.97 Å². The number of hydrogen-bond acceptors (Lipinski definition) is 6. The molecule has 0 fully saturated rings. The zero-order chi connectivity index (χ0) is 11.4. The molecule has 0 aliphatic heterocycles. The molecule has 16 heavy (non-hydrogen) atoms. The van der Waals surface area contributed by atoms with Crippen LogP contribution in [0.3, 0.4) is 0 Å². The Bertz CT molecular complexity index is 463. The second-order valence-electron chi connectivity index (χ2n) is 2.84. The Balaban J connectivity index is 2.20. The first-order valence-corrected chi connectivity index (χ1v) is 5.95. The summed E-state index contributed by atoms with van der Waals surface area (Å²) in [7, 11) is 0. The van der Waals surface area contributed by atoms with Crippen molar-refractivity contribution in [3.63, 3.8) is 0 Å². The molecule has 0 aromatic carbocycles. The van der Waals surface area contributed by atoms with E-state index in [-0.39, 0.29) is 11.3 Å². The molecule has 0 bridgehead atoms. The lowest BCUT2D eigenvalue weighted by molar-refractivity contribution is 0.310. The molecule has 0 radical (unpaired) electrons. The van der Waals surface area contributed by atoms with Gasteiger partial charge in [0.05, 0.1) is 13.0 Å². The van der Waals surface area contributed by atoms with Gasteiger partial charge >= 0.3 is 6.01 Å². The SMILES string of the molecule is CCOc1nc(Cl)nc(Cc2nccs2)n1. The van der Waals surface area contributed by atoms with Gasteiger partial charge in [0.2, 0.25) is 5.28 Å². The zero-order valence-corrected chi connectivity index (χ0v) is 10.1. The highest BCUT2D eigenvalue weighted by Gasteiger charge is 2.07. The summed E-state index contributed by atoms with van der Waals surface area (Å²) in [5.41, 5.74) is 0. The highest BCUT2D eigenvalue weighted by molar-refractivity contribution is 7.09. The first-order chi connectivity index (χ1) is 7.78. The van der Waals surface area contributed by atoms with Crippen LogP contribution in [0.15, 0.2) is 11.6 Å². The molecule has 0 saturated carbocycles. The first kappa shape index (κ1) is 11.2. The van der Waals surface area contributed by atoms with Gasteiger partial charge < -0.3 is 4.74 Å². The maximum atomic E-state index is 5.77. The fourth-order valence-electron chi connectivity index (χ4n) is 1.12. The second kappa shape index (κ2) is 5.18. The fraction of sp³-hybridized carbons (Fsp3) is 0.333. The lowest BCUT2D eigenvalue weighted by Crippen LogP contribution is -2.04. The van der Waals surface area contributed by atoms with Gasteiger partial charge in [0.15, 0.2) is 0 Å². The van der Waals surface area contributed by atoms with Gasteiger partial charge in [0, 0.05) is 11.6 Å². The van der Waals surface area contributed by atoms with Crippen molar-refractivity contribution in [2.75, 3.05) is 6.61 Å². The van der Waals surface area contributed by atoms with Gasteiger partial charge in [-0.05, 0) is 18.5 Å². The average molecular weight is 257 g/mol. The van der Waals surface area contributed by atoms with Crippen molar-refractivity contribution >= 4 is 22.9 Å². The molecule has 2 rings (SSSR count). The van der Waals surface area contributed by atoms with Gasteiger partial charge in [0.25, 0.3) is 0 Å². The smallest absolute Gasteiger partial charge is 0.320 e. The lowest BCUT2D eigenvalue weighted by Gasteiger charge is -2.02. The van der Waals surface area contributed by atoms with Crippen LogP contribution in [-0.4, -0.2) is 26.5 Å². The van der Waals surface area contributed by atoms with Gasteiger partial charge in [-0.15, -0.1) is 11.3 Å². The van der Waals surface area contributed by atoms with E-state index in [0.29, 0.717) is 18.9 Å². The summed E-state index contributed by atoms with van der Waals surface area (Å²) in [4.78, 5) is 16.2. The van der Waals surface area contributed by atoms with Crippen LogP contribution in [0.2, 0.25) is 5.28 Å². The number of hydrogen-bond donors (Lipinski definition) is 0. The van der Waals surface area contributed by atoms with E-state index in [9.17, 15) is 0 Å². The van der Waals surface area contributed by atoms with Crippen LogP contribution in [0.4, 0.5) is 0 Å². The summed E-state index contributed by atoms with van der Waals surface area (Å²) in [5, 5.41) is 2.98. The Kier molecular flexibility index (Phi) is 3.63. The third-order valence-electron chi connectivity index (χ3n) is 1.70. The third kappa shape index (κ3) is 2.86. The van der Waals surface area contributed by atoms with Gasteiger partial charge in [-0.25, -0.2) is 9.97 Å². The normalized spacial score (nSPS) is 10.4. The summed E-state index contributed by atoms with van der Waals surface area (Å²) in [5.74, 6) is 0.568. The van der Waals surface area contributed by atoms with E-state index in [0.717, 1.165) is 5.01 Å². The molecule has 0 saturated heterocycles. The minimum absolute atomic E-state index is 0.144. The van der Waals surface area contributed by atoms with E-state index < -0.39 is 0 Å². The summed E-state index contributed by atoms with van der Waals surface area (Å²) < 4.78 is 5.18. The molecule has 0 aliphatic rings. The molecule has 0 atom stereocenters. The summed E-state index contributed by atoms with van der Waals surface area (Å²) in [6, 6.07) is 0.258. The van der Waals surface area contributed by atoms with Crippen molar-refractivity contribution in [2.45, 2.75) is 13.3 Å². The number of ether oxygens (including phenoxy) is 1. The molecule has 0 amide bonds. The number of rotatable bonds is 4. The highest BCUT2D eigenvalue weighted by Crippen LogP contribution is 2.13. The van der Waals surface area contributed by atoms with E-state index >= 15 is 0 Å². The number of nitrogens with zero attached hydrogens (tertiary/aromatic N) is 4. The minimum atomic E-state index is 0.144. The number of thiazole rings is 1. The molecule has 0 spiro atoms. The van der Waals surface area contributed by atoms with Gasteiger partial charge in [-0.1, -0.05) is 0 Å². The van der Waals surface area contributed by atoms with Crippen molar-refractivity contribution in [1.29, 1.82) is 0 Å². The third-order valence-corrected chi connectivity index (χ3v) is 2.65. The molecular weight excluding hydrogens is 248 g/mol. The molecule has 0 aliphatic carbocycles. The monoisotopic (exact) mass is 256 g/mol. The molecule has 2 aromatic rings. The molecule has 2 heterocycles. The molecule has 0 N–H and O–H groups in total. The quantitative estimate of drug-likeness (QED) is 0.837. The Labute approximate surface area is 102 Å². The van der Waals surface area contributed by atoms with Crippen LogP contribution < -0.4 is 4.74 Å². The van der Waals surface area contributed by atoms with Crippen LogP contribution in [0.25, 0.3) is 0 Å².